The number of carbonyl (C=O) groups is 1. The van der Waals surface area contributed by atoms with Crippen LogP contribution in [0.25, 0.3) is 5.69 Å². The van der Waals surface area contributed by atoms with Crippen molar-refractivity contribution in [1.29, 1.82) is 0 Å². The largest absolute Gasteiger partial charge is 0.416 e. The van der Waals surface area contributed by atoms with E-state index in [-0.39, 0.29) is 11.6 Å². The number of nitrogens with one attached hydrogen (secondary N) is 1. The van der Waals surface area contributed by atoms with E-state index in [9.17, 15) is 18.0 Å². The van der Waals surface area contributed by atoms with Crippen LogP contribution in [0.5, 0.6) is 0 Å². The topological polar surface area (TPSA) is 46.9 Å². The molecule has 0 fully saturated rings. The summed E-state index contributed by atoms with van der Waals surface area (Å²) in [6.45, 7) is 1.78. The number of halogens is 3. The quantitative estimate of drug-likeness (QED) is 0.751. The van der Waals surface area contributed by atoms with Gasteiger partial charge in [-0.05, 0) is 42.8 Å². The maximum Gasteiger partial charge on any atom is 0.416 e. The van der Waals surface area contributed by atoms with Gasteiger partial charge in [-0.15, -0.1) is 0 Å². The van der Waals surface area contributed by atoms with E-state index in [0.29, 0.717) is 0 Å². The number of hydrogen-bond donors (Lipinski definition) is 1. The van der Waals surface area contributed by atoms with Gasteiger partial charge in [-0.3, -0.25) is 4.79 Å². The zero-order chi connectivity index (χ0) is 18.7. The number of alkyl halides is 3. The molecule has 3 rings (SSSR count). The summed E-state index contributed by atoms with van der Waals surface area (Å²) in [6.07, 6.45) is 0.679. The molecule has 0 radical (unpaired) electrons. The number of amides is 1. The molecular formula is C19H16F3N3O. The third kappa shape index (κ3) is 3.93. The standard InChI is InChI=1S/C19H16F3N3O/c1-13(14-5-7-17(8-6-14)25-10-9-23-12-25)24-18(26)15-3-2-4-16(11-15)19(20,21)22/h2-13H,1H3,(H,24,26)/t13-/m0/s1. The van der Waals surface area contributed by atoms with Crippen molar-refractivity contribution in [2.24, 2.45) is 0 Å². The lowest BCUT2D eigenvalue weighted by molar-refractivity contribution is -0.137. The number of hydrogen-bond acceptors (Lipinski definition) is 2. The van der Waals surface area contributed by atoms with E-state index < -0.39 is 17.6 Å². The minimum Gasteiger partial charge on any atom is -0.346 e. The first-order chi connectivity index (χ1) is 12.3. The van der Waals surface area contributed by atoms with Crippen LogP contribution in [0.3, 0.4) is 0 Å². The van der Waals surface area contributed by atoms with Crippen molar-refractivity contribution in [2.45, 2.75) is 19.1 Å². The van der Waals surface area contributed by atoms with E-state index in [0.717, 1.165) is 23.4 Å². The molecule has 0 aliphatic carbocycles. The molecule has 0 unspecified atom stereocenters. The molecular weight excluding hydrogens is 343 g/mol. The molecule has 1 amide bonds. The highest BCUT2D eigenvalue weighted by Gasteiger charge is 2.31. The van der Waals surface area contributed by atoms with Crippen LogP contribution in [0.1, 0.15) is 34.5 Å². The van der Waals surface area contributed by atoms with Crippen LogP contribution in [-0.2, 0) is 6.18 Å². The first-order valence-corrected chi connectivity index (χ1v) is 7.91. The van der Waals surface area contributed by atoms with Gasteiger partial charge < -0.3 is 9.88 Å². The Kier molecular flexibility index (Phi) is 4.79. The van der Waals surface area contributed by atoms with Gasteiger partial charge in [0.05, 0.1) is 17.9 Å². The lowest BCUT2D eigenvalue weighted by Gasteiger charge is -2.16. The van der Waals surface area contributed by atoms with Crippen molar-refractivity contribution in [3.05, 3.63) is 83.9 Å². The molecule has 4 nitrogen and oxygen atoms in total. The third-order valence-electron chi connectivity index (χ3n) is 4.00. The Labute approximate surface area is 148 Å². The van der Waals surface area contributed by atoms with Gasteiger partial charge in [0.25, 0.3) is 5.91 Å². The lowest BCUT2D eigenvalue weighted by atomic mass is 10.1. The Hall–Kier alpha value is -3.09. The summed E-state index contributed by atoms with van der Waals surface area (Å²) in [5.74, 6) is -0.553. The molecule has 0 aliphatic rings. The Balaban J connectivity index is 1.71. The zero-order valence-electron chi connectivity index (χ0n) is 13.9. The van der Waals surface area contributed by atoms with Crippen molar-refractivity contribution in [2.75, 3.05) is 0 Å². The average molecular weight is 359 g/mol. The van der Waals surface area contributed by atoms with Crippen LogP contribution in [0, 0.1) is 0 Å². The summed E-state index contributed by atoms with van der Waals surface area (Å²) in [5.41, 5.74) is 0.890. The van der Waals surface area contributed by atoms with Crippen molar-refractivity contribution in [3.63, 3.8) is 0 Å². The number of rotatable bonds is 4. The highest BCUT2D eigenvalue weighted by atomic mass is 19.4. The van der Waals surface area contributed by atoms with Crippen LogP contribution >= 0.6 is 0 Å². The summed E-state index contributed by atoms with van der Waals surface area (Å²) in [7, 11) is 0. The second-order valence-electron chi connectivity index (χ2n) is 5.84. The SMILES string of the molecule is C[C@H](NC(=O)c1cccc(C(F)(F)F)c1)c1ccc(-n2ccnc2)cc1. The number of nitrogens with zero attached hydrogens (tertiary/aromatic N) is 2. The van der Waals surface area contributed by atoms with Gasteiger partial charge in [-0.25, -0.2) is 4.98 Å². The number of aromatic nitrogens is 2. The van der Waals surface area contributed by atoms with Crippen molar-refractivity contribution in [3.8, 4) is 5.69 Å². The monoisotopic (exact) mass is 359 g/mol. The number of imidazole rings is 1. The molecule has 0 saturated carbocycles. The molecule has 1 heterocycles. The van der Waals surface area contributed by atoms with E-state index in [1.165, 1.54) is 12.1 Å². The van der Waals surface area contributed by atoms with Gasteiger partial charge >= 0.3 is 6.18 Å². The predicted molar refractivity (Wildman–Crippen MR) is 90.9 cm³/mol. The van der Waals surface area contributed by atoms with Crippen molar-refractivity contribution < 1.29 is 18.0 Å². The summed E-state index contributed by atoms with van der Waals surface area (Å²) in [4.78, 5) is 16.2. The normalized spacial score (nSPS) is 12.6. The lowest BCUT2D eigenvalue weighted by Crippen LogP contribution is -2.27. The molecule has 0 spiro atoms. The highest BCUT2D eigenvalue weighted by Crippen LogP contribution is 2.29. The second kappa shape index (κ2) is 7.03. The summed E-state index contributed by atoms with van der Waals surface area (Å²) < 4.78 is 40.2. The number of carbonyl (C=O) groups excluding carboxylic acids is 1. The summed E-state index contributed by atoms with van der Waals surface area (Å²) in [6, 6.07) is 11.5. The molecule has 26 heavy (non-hydrogen) atoms. The molecule has 1 aromatic heterocycles. The van der Waals surface area contributed by atoms with Crippen LogP contribution in [0.15, 0.2) is 67.3 Å². The molecule has 0 aliphatic heterocycles. The van der Waals surface area contributed by atoms with Crippen molar-refractivity contribution >= 4 is 5.91 Å². The molecule has 2 aromatic carbocycles. The van der Waals surface area contributed by atoms with Gasteiger partial charge in [0, 0.05) is 23.6 Å². The maximum atomic E-state index is 12.8. The first-order valence-electron chi connectivity index (χ1n) is 7.91. The van der Waals surface area contributed by atoms with Crippen LogP contribution in [0.2, 0.25) is 0 Å². The van der Waals surface area contributed by atoms with Gasteiger partial charge in [-0.1, -0.05) is 18.2 Å². The van der Waals surface area contributed by atoms with E-state index in [4.69, 9.17) is 0 Å². The zero-order valence-corrected chi connectivity index (χ0v) is 13.9. The van der Waals surface area contributed by atoms with E-state index in [1.54, 1.807) is 19.4 Å². The highest BCUT2D eigenvalue weighted by molar-refractivity contribution is 5.94. The Bertz CT molecular complexity index is 887. The Morgan fingerprint density at radius 2 is 1.88 bits per heavy atom. The van der Waals surface area contributed by atoms with Gasteiger partial charge in [0.2, 0.25) is 0 Å². The smallest absolute Gasteiger partial charge is 0.346 e. The summed E-state index contributed by atoms with van der Waals surface area (Å²) in [5, 5.41) is 2.72. The van der Waals surface area contributed by atoms with E-state index >= 15 is 0 Å². The molecule has 3 aromatic rings. The van der Waals surface area contributed by atoms with Crippen molar-refractivity contribution in [1.82, 2.24) is 14.9 Å². The predicted octanol–water partition coefficient (Wildman–Crippen LogP) is 4.38. The van der Waals surface area contributed by atoms with Crippen LogP contribution in [0.4, 0.5) is 13.2 Å². The molecule has 134 valence electrons. The Morgan fingerprint density at radius 1 is 1.15 bits per heavy atom. The van der Waals surface area contributed by atoms with E-state index in [1.807, 2.05) is 35.0 Å². The first kappa shape index (κ1) is 17.7. The maximum absolute atomic E-state index is 12.8. The number of benzene rings is 2. The fraction of sp³-hybridized carbons (Fsp3) is 0.158. The third-order valence-corrected chi connectivity index (χ3v) is 4.00. The van der Waals surface area contributed by atoms with Gasteiger partial charge in [0.1, 0.15) is 0 Å². The fourth-order valence-corrected chi connectivity index (χ4v) is 2.55. The minimum absolute atomic E-state index is 0.0262. The van der Waals surface area contributed by atoms with E-state index in [2.05, 4.69) is 10.3 Å². The summed E-state index contributed by atoms with van der Waals surface area (Å²) >= 11 is 0. The molecule has 0 bridgehead atoms. The van der Waals surface area contributed by atoms with Gasteiger partial charge in [0.15, 0.2) is 0 Å². The minimum atomic E-state index is -4.48. The fourth-order valence-electron chi connectivity index (χ4n) is 2.55. The Morgan fingerprint density at radius 3 is 2.50 bits per heavy atom. The average Bonchev–Trinajstić information content (AvgIpc) is 3.16. The van der Waals surface area contributed by atoms with Crippen LogP contribution in [-0.4, -0.2) is 15.5 Å². The molecule has 0 saturated heterocycles. The van der Waals surface area contributed by atoms with Gasteiger partial charge in [-0.2, -0.15) is 13.2 Å². The molecule has 7 heteroatoms. The van der Waals surface area contributed by atoms with Crippen LogP contribution < -0.4 is 5.32 Å². The molecule has 1 atom stereocenters. The second-order valence-corrected chi connectivity index (χ2v) is 5.84. The molecule has 1 N–H and O–H groups in total.